The molecule has 0 radical (unpaired) electrons. The molecule has 1 aliphatic rings. The van der Waals surface area contributed by atoms with Gasteiger partial charge in [0.1, 0.15) is 4.90 Å². The first-order valence-electron chi connectivity index (χ1n) is 5.91. The van der Waals surface area contributed by atoms with Crippen LogP contribution in [0.3, 0.4) is 0 Å². The van der Waals surface area contributed by atoms with Gasteiger partial charge in [0.15, 0.2) is 0 Å². The molecular weight excluding hydrogens is 254 g/mol. The molecule has 1 aromatic rings. The maximum atomic E-state index is 11.7. The molecule has 1 atom stereocenters. The largest absolute Gasteiger partial charge is 0.328 e. The van der Waals surface area contributed by atoms with Gasteiger partial charge in [0.25, 0.3) is 5.56 Å². The third kappa shape index (κ3) is 2.63. The van der Waals surface area contributed by atoms with E-state index in [1.54, 1.807) is 6.20 Å². The van der Waals surface area contributed by atoms with E-state index in [-0.39, 0.29) is 10.8 Å². The molecule has 0 saturated carbocycles. The summed E-state index contributed by atoms with van der Waals surface area (Å²) in [5.41, 5.74) is 0.271. The van der Waals surface area contributed by atoms with E-state index in [2.05, 4.69) is 15.0 Å². The Morgan fingerprint density at radius 2 is 2.22 bits per heavy atom. The summed E-state index contributed by atoms with van der Waals surface area (Å²) in [6, 6.07) is 1.47. The lowest BCUT2D eigenvalue weighted by Gasteiger charge is -2.23. The number of pyridine rings is 1. The smallest absolute Gasteiger partial charge is 0.268 e. The molecule has 1 aliphatic heterocycles. The van der Waals surface area contributed by atoms with Crippen LogP contribution >= 0.6 is 0 Å². The summed E-state index contributed by atoms with van der Waals surface area (Å²) < 4.78 is 25.6. The molecular formula is C11H17N3O3S. The standard InChI is InChI=1S/C11H17N3O3S/c1-12-18(16,17)10-5-9(7-14-11(10)15)8-3-2-4-13-6-8/h5,7-8,12-13H,2-4,6H2,1H3,(H,14,15). The summed E-state index contributed by atoms with van der Waals surface area (Å²) in [6.45, 7) is 1.80. The molecule has 2 heterocycles. The first kappa shape index (κ1) is 13.3. The number of aromatic nitrogens is 1. The molecule has 1 saturated heterocycles. The molecule has 0 amide bonds. The third-order valence-corrected chi connectivity index (χ3v) is 4.64. The number of sulfonamides is 1. The Hall–Kier alpha value is -1.18. The highest BCUT2D eigenvalue weighted by Gasteiger charge is 2.21. The fourth-order valence-corrected chi connectivity index (χ4v) is 2.97. The Morgan fingerprint density at radius 1 is 1.44 bits per heavy atom. The summed E-state index contributed by atoms with van der Waals surface area (Å²) in [7, 11) is -2.41. The number of piperidine rings is 1. The van der Waals surface area contributed by atoms with Gasteiger partial charge < -0.3 is 10.3 Å². The van der Waals surface area contributed by atoms with Crippen molar-refractivity contribution in [2.75, 3.05) is 20.1 Å². The van der Waals surface area contributed by atoms with Crippen molar-refractivity contribution in [3.63, 3.8) is 0 Å². The van der Waals surface area contributed by atoms with E-state index >= 15 is 0 Å². The minimum absolute atomic E-state index is 0.215. The molecule has 100 valence electrons. The second-order valence-corrected chi connectivity index (χ2v) is 6.23. The molecule has 3 N–H and O–H groups in total. The van der Waals surface area contributed by atoms with E-state index in [1.165, 1.54) is 13.1 Å². The lowest BCUT2D eigenvalue weighted by molar-refractivity contribution is 0.460. The summed E-state index contributed by atoms with van der Waals surface area (Å²) >= 11 is 0. The number of hydrogen-bond acceptors (Lipinski definition) is 4. The monoisotopic (exact) mass is 271 g/mol. The first-order valence-corrected chi connectivity index (χ1v) is 7.40. The Kier molecular flexibility index (Phi) is 3.84. The number of H-pyrrole nitrogens is 1. The van der Waals surface area contributed by atoms with Crippen LogP contribution in [0.2, 0.25) is 0 Å². The second kappa shape index (κ2) is 5.21. The van der Waals surface area contributed by atoms with Crippen molar-refractivity contribution >= 4 is 10.0 Å². The molecule has 2 rings (SSSR count). The van der Waals surface area contributed by atoms with Gasteiger partial charge in [0.05, 0.1) is 0 Å². The maximum Gasteiger partial charge on any atom is 0.268 e. The van der Waals surface area contributed by atoms with E-state index in [0.29, 0.717) is 0 Å². The fourth-order valence-electron chi connectivity index (χ4n) is 2.16. The molecule has 1 aromatic heterocycles. The first-order chi connectivity index (χ1) is 8.54. The molecule has 7 heteroatoms. The van der Waals surface area contributed by atoms with Crippen LogP contribution in [0.4, 0.5) is 0 Å². The van der Waals surface area contributed by atoms with Crippen molar-refractivity contribution in [2.45, 2.75) is 23.7 Å². The predicted molar refractivity (Wildman–Crippen MR) is 68.2 cm³/mol. The van der Waals surface area contributed by atoms with Gasteiger partial charge in [-0.3, -0.25) is 4.79 Å². The van der Waals surface area contributed by atoms with Crippen LogP contribution in [0.25, 0.3) is 0 Å². The number of rotatable bonds is 3. The van der Waals surface area contributed by atoms with Crippen molar-refractivity contribution in [2.24, 2.45) is 0 Å². The Balaban J connectivity index is 2.40. The van der Waals surface area contributed by atoms with Crippen molar-refractivity contribution in [3.8, 4) is 0 Å². The van der Waals surface area contributed by atoms with Crippen molar-refractivity contribution in [3.05, 3.63) is 28.2 Å². The molecule has 1 unspecified atom stereocenters. The normalized spacial score (nSPS) is 20.8. The number of aromatic amines is 1. The zero-order valence-corrected chi connectivity index (χ0v) is 11.0. The Morgan fingerprint density at radius 3 is 2.83 bits per heavy atom. The van der Waals surface area contributed by atoms with Crippen LogP contribution in [-0.2, 0) is 10.0 Å². The summed E-state index contributed by atoms with van der Waals surface area (Å²) in [4.78, 5) is 13.9. The highest BCUT2D eigenvalue weighted by Crippen LogP contribution is 2.23. The minimum Gasteiger partial charge on any atom is -0.328 e. The van der Waals surface area contributed by atoms with Crippen LogP contribution < -0.4 is 15.6 Å². The molecule has 0 bridgehead atoms. The Labute approximate surface area is 106 Å². The van der Waals surface area contributed by atoms with E-state index in [0.717, 1.165) is 31.5 Å². The Bertz CT molecular complexity index is 573. The van der Waals surface area contributed by atoms with Gasteiger partial charge in [-0.05, 0) is 44.0 Å². The van der Waals surface area contributed by atoms with E-state index < -0.39 is 15.6 Å². The maximum absolute atomic E-state index is 11.7. The van der Waals surface area contributed by atoms with Crippen molar-refractivity contribution < 1.29 is 8.42 Å². The predicted octanol–water partition coefficient (Wildman–Crippen LogP) is -0.250. The zero-order valence-electron chi connectivity index (χ0n) is 10.2. The van der Waals surface area contributed by atoms with Crippen LogP contribution in [0.1, 0.15) is 24.3 Å². The van der Waals surface area contributed by atoms with Gasteiger partial charge >= 0.3 is 0 Å². The fraction of sp³-hybridized carbons (Fsp3) is 0.545. The summed E-state index contributed by atoms with van der Waals surface area (Å²) in [5.74, 6) is 0.251. The van der Waals surface area contributed by atoms with Gasteiger partial charge in [-0.1, -0.05) is 0 Å². The SMILES string of the molecule is CNS(=O)(=O)c1cc(C2CCCNC2)c[nH]c1=O. The highest BCUT2D eigenvalue weighted by atomic mass is 32.2. The quantitative estimate of drug-likeness (QED) is 0.707. The van der Waals surface area contributed by atoms with Gasteiger partial charge in [-0.25, -0.2) is 13.1 Å². The highest BCUT2D eigenvalue weighted by molar-refractivity contribution is 7.89. The lowest BCUT2D eigenvalue weighted by atomic mass is 9.93. The zero-order chi connectivity index (χ0) is 13.2. The van der Waals surface area contributed by atoms with Gasteiger partial charge in [-0.2, -0.15) is 0 Å². The average Bonchev–Trinajstić information content (AvgIpc) is 2.40. The lowest BCUT2D eigenvalue weighted by Crippen LogP contribution is -2.30. The van der Waals surface area contributed by atoms with Crippen LogP contribution in [0.15, 0.2) is 22.0 Å². The number of nitrogens with one attached hydrogen (secondary N) is 3. The second-order valence-electron chi connectivity index (χ2n) is 4.38. The average molecular weight is 271 g/mol. The topological polar surface area (TPSA) is 91.1 Å². The summed E-state index contributed by atoms with van der Waals surface area (Å²) in [6.07, 6.45) is 3.66. The van der Waals surface area contributed by atoms with E-state index in [1.807, 2.05) is 0 Å². The van der Waals surface area contributed by atoms with E-state index in [9.17, 15) is 13.2 Å². The molecule has 0 aromatic carbocycles. The van der Waals surface area contributed by atoms with Crippen LogP contribution in [0, 0.1) is 0 Å². The molecule has 6 nitrogen and oxygen atoms in total. The van der Waals surface area contributed by atoms with Gasteiger partial charge in [-0.15, -0.1) is 0 Å². The molecule has 0 aliphatic carbocycles. The van der Waals surface area contributed by atoms with Crippen molar-refractivity contribution in [1.29, 1.82) is 0 Å². The van der Waals surface area contributed by atoms with Crippen LogP contribution in [0.5, 0.6) is 0 Å². The summed E-state index contributed by atoms with van der Waals surface area (Å²) in [5, 5.41) is 3.26. The van der Waals surface area contributed by atoms with Crippen molar-refractivity contribution in [1.82, 2.24) is 15.0 Å². The third-order valence-electron chi connectivity index (χ3n) is 3.22. The molecule has 1 fully saturated rings. The van der Waals surface area contributed by atoms with E-state index in [4.69, 9.17) is 0 Å². The number of hydrogen-bond donors (Lipinski definition) is 3. The van der Waals surface area contributed by atoms with Crippen LogP contribution in [-0.4, -0.2) is 33.5 Å². The van der Waals surface area contributed by atoms with Gasteiger partial charge in [0, 0.05) is 12.7 Å². The molecule has 0 spiro atoms. The van der Waals surface area contributed by atoms with Gasteiger partial charge in [0.2, 0.25) is 10.0 Å². The minimum atomic E-state index is -3.70. The molecule has 18 heavy (non-hydrogen) atoms.